The zero-order valence-corrected chi connectivity index (χ0v) is 12.0. The van der Waals surface area contributed by atoms with Crippen molar-refractivity contribution in [2.24, 2.45) is 0 Å². The van der Waals surface area contributed by atoms with E-state index in [1.54, 1.807) is 0 Å². The van der Waals surface area contributed by atoms with Gasteiger partial charge < -0.3 is 25.3 Å². The molecule has 0 aromatic carbocycles. The summed E-state index contributed by atoms with van der Waals surface area (Å²) in [6, 6.07) is 0. The Morgan fingerprint density at radius 1 is 0.636 bits per heavy atom. The Morgan fingerprint density at radius 2 is 0.636 bits per heavy atom. The van der Waals surface area contributed by atoms with E-state index in [2.05, 4.69) is 0 Å². The molecule has 0 aliphatic carbocycles. The second kappa shape index (κ2) is 6.86. The van der Waals surface area contributed by atoms with Gasteiger partial charge in [-0.3, -0.25) is 0 Å². The predicted octanol–water partition coefficient (Wildman–Crippen LogP) is 2.66. The van der Waals surface area contributed by atoms with Crippen LogP contribution in [-0.4, -0.2) is 9.49 Å². The number of hydrogen-bond donors (Lipinski definition) is 0. The van der Waals surface area contributed by atoms with Gasteiger partial charge in [0.15, 0.2) is 0 Å². The van der Waals surface area contributed by atoms with Crippen molar-refractivity contribution in [3.8, 4) is 0 Å². The maximum absolute atomic E-state index is 4.83. The summed E-state index contributed by atoms with van der Waals surface area (Å²) in [7, 11) is 0. The van der Waals surface area contributed by atoms with Crippen LogP contribution in [0.1, 0.15) is 41.5 Å². The van der Waals surface area contributed by atoms with Crippen molar-refractivity contribution in [2.45, 2.75) is 51.0 Å². The Bertz CT molecular complexity index is 55.1. The van der Waals surface area contributed by atoms with Gasteiger partial charge in [-0.2, -0.15) is 9.49 Å². The largest absolute Gasteiger partial charge is 2.00 e. The van der Waals surface area contributed by atoms with Gasteiger partial charge >= 0.3 is 21.1 Å². The zero-order chi connectivity index (χ0) is 9.00. The van der Waals surface area contributed by atoms with Gasteiger partial charge in [0.25, 0.3) is 0 Å². The van der Waals surface area contributed by atoms with Gasteiger partial charge in [0.1, 0.15) is 0 Å². The fraction of sp³-hybridized carbons (Fsp3) is 1.00. The molecule has 0 amide bonds. The summed E-state index contributed by atoms with van der Waals surface area (Å²) >= 11 is 9.65. The van der Waals surface area contributed by atoms with Crippen molar-refractivity contribution in [3.05, 3.63) is 0 Å². The molecule has 0 N–H and O–H groups in total. The average Bonchev–Trinajstić information content (AvgIpc) is 1.12. The standard InChI is InChI=1S/2C4H10S.Pt/c2*1-4(2,3)5;/h2*5H,1-3H3;/q;;+2/p-2. The van der Waals surface area contributed by atoms with Crippen molar-refractivity contribution >= 4 is 25.3 Å². The molecule has 0 saturated carbocycles. The molecular formula is C8H18PtS2. The molecule has 72 valence electrons. The minimum absolute atomic E-state index is 0. The summed E-state index contributed by atoms with van der Waals surface area (Å²) in [4.78, 5) is 0. The van der Waals surface area contributed by atoms with E-state index in [-0.39, 0.29) is 30.6 Å². The van der Waals surface area contributed by atoms with Crippen molar-refractivity contribution in [3.63, 3.8) is 0 Å². The molecule has 0 nitrogen and oxygen atoms in total. The van der Waals surface area contributed by atoms with Crippen molar-refractivity contribution in [2.75, 3.05) is 0 Å². The molecule has 0 aliphatic rings. The fourth-order valence-electron chi connectivity index (χ4n) is 0. The molecule has 0 rings (SSSR count). The van der Waals surface area contributed by atoms with Crippen LogP contribution in [0.15, 0.2) is 0 Å². The van der Waals surface area contributed by atoms with Gasteiger partial charge in [-0.05, 0) is 0 Å². The Hall–Kier alpha value is 1.39. The molecule has 3 heteroatoms. The van der Waals surface area contributed by atoms with E-state index in [9.17, 15) is 0 Å². The molecule has 0 spiro atoms. The van der Waals surface area contributed by atoms with E-state index in [0.717, 1.165) is 0 Å². The maximum atomic E-state index is 4.83. The Morgan fingerprint density at radius 3 is 0.636 bits per heavy atom. The molecule has 0 fully saturated rings. The maximum Gasteiger partial charge on any atom is 2.00 e. The number of rotatable bonds is 0. The third-order valence-corrected chi connectivity index (χ3v) is 0. The summed E-state index contributed by atoms with van der Waals surface area (Å²) in [5, 5.41) is 0. The third kappa shape index (κ3) is 521. The summed E-state index contributed by atoms with van der Waals surface area (Å²) < 4.78 is 0.167. The minimum Gasteiger partial charge on any atom is -0.787 e. The van der Waals surface area contributed by atoms with Crippen LogP contribution < -0.4 is 0 Å². The molecule has 0 heterocycles. The first kappa shape index (κ1) is 18.2. The van der Waals surface area contributed by atoms with E-state index in [0.29, 0.717) is 0 Å². The van der Waals surface area contributed by atoms with E-state index in [4.69, 9.17) is 25.3 Å². The first-order valence-electron chi connectivity index (χ1n) is 3.41. The zero-order valence-electron chi connectivity index (χ0n) is 8.13. The van der Waals surface area contributed by atoms with Gasteiger partial charge in [-0.1, -0.05) is 41.5 Å². The summed E-state index contributed by atoms with van der Waals surface area (Å²) in [5.74, 6) is 0. The van der Waals surface area contributed by atoms with Crippen LogP contribution in [0.25, 0.3) is 0 Å². The summed E-state index contributed by atoms with van der Waals surface area (Å²) in [5.41, 5.74) is 0. The topological polar surface area (TPSA) is 0 Å². The second-order valence-electron chi connectivity index (χ2n) is 4.22. The van der Waals surface area contributed by atoms with Crippen LogP contribution in [0, 0.1) is 0 Å². The second-order valence-corrected chi connectivity index (χ2v) is 6.67. The van der Waals surface area contributed by atoms with E-state index in [1.165, 1.54) is 0 Å². The van der Waals surface area contributed by atoms with Gasteiger partial charge in [0.2, 0.25) is 0 Å². The molecular weight excluding hydrogens is 355 g/mol. The van der Waals surface area contributed by atoms with Crippen LogP contribution in [0.3, 0.4) is 0 Å². The minimum atomic E-state index is 0. The molecule has 11 heavy (non-hydrogen) atoms. The van der Waals surface area contributed by atoms with Gasteiger partial charge in [0.05, 0.1) is 0 Å². The molecule has 0 atom stereocenters. The van der Waals surface area contributed by atoms with Gasteiger partial charge in [-0.25, -0.2) is 0 Å². The summed E-state index contributed by atoms with van der Waals surface area (Å²) in [6.45, 7) is 12.0. The SMILES string of the molecule is CC(C)(C)[S-].CC(C)(C)[S-].[Pt+2]. The molecule has 0 radical (unpaired) electrons. The van der Waals surface area contributed by atoms with E-state index < -0.39 is 0 Å². The monoisotopic (exact) mass is 373 g/mol. The van der Waals surface area contributed by atoms with Crippen LogP contribution in [0.4, 0.5) is 0 Å². The molecule has 0 bridgehead atoms. The van der Waals surface area contributed by atoms with Gasteiger partial charge in [-0.15, -0.1) is 0 Å². The fourth-order valence-corrected chi connectivity index (χ4v) is 0. The quantitative estimate of drug-likeness (QED) is 0.599. The van der Waals surface area contributed by atoms with Crippen LogP contribution in [0.2, 0.25) is 0 Å². The molecule has 0 unspecified atom stereocenters. The Balaban J connectivity index is -0.000000107. The van der Waals surface area contributed by atoms with E-state index >= 15 is 0 Å². The van der Waals surface area contributed by atoms with Gasteiger partial charge in [0, 0.05) is 0 Å². The Labute approximate surface area is 97.0 Å². The molecule has 0 aromatic rings. The summed E-state index contributed by atoms with van der Waals surface area (Å²) in [6.07, 6.45) is 0. The molecule has 0 aliphatic heterocycles. The molecule has 0 aromatic heterocycles. The predicted molar refractivity (Wildman–Crippen MR) is 54.2 cm³/mol. The van der Waals surface area contributed by atoms with Crippen molar-refractivity contribution in [1.29, 1.82) is 0 Å². The average molecular weight is 373 g/mol. The first-order chi connectivity index (χ1) is 4.00. The van der Waals surface area contributed by atoms with Crippen molar-refractivity contribution in [1.82, 2.24) is 0 Å². The Kier molecular flexibility index (Phi) is 11.4. The van der Waals surface area contributed by atoms with Crippen LogP contribution >= 0.6 is 0 Å². The third-order valence-electron chi connectivity index (χ3n) is 0. The first-order valence-corrected chi connectivity index (χ1v) is 4.22. The van der Waals surface area contributed by atoms with Crippen molar-refractivity contribution < 1.29 is 21.1 Å². The van der Waals surface area contributed by atoms with Crippen LogP contribution in [0.5, 0.6) is 0 Å². The molecule has 0 saturated heterocycles. The van der Waals surface area contributed by atoms with E-state index in [1.807, 2.05) is 41.5 Å². The smallest absolute Gasteiger partial charge is 0.787 e. The van der Waals surface area contributed by atoms with Crippen LogP contribution in [-0.2, 0) is 46.3 Å². The normalized spacial score (nSPS) is 10.9. The number of hydrogen-bond acceptors (Lipinski definition) is 2.